The maximum absolute atomic E-state index is 12.8. The molecule has 6 nitrogen and oxygen atoms in total. The second kappa shape index (κ2) is 6.70. The first-order valence-electron chi connectivity index (χ1n) is 6.25. The van der Waals surface area contributed by atoms with Crippen LogP contribution >= 0.6 is 23.2 Å². The molecule has 25 heavy (non-hydrogen) atoms. The smallest absolute Gasteiger partial charge is 0.279 e. The lowest BCUT2D eigenvalue weighted by molar-refractivity contribution is -0.384. The van der Waals surface area contributed by atoms with E-state index < -0.39 is 42.3 Å². The average Bonchev–Trinajstić information content (AvgIpc) is 2.47. The van der Waals surface area contributed by atoms with Crippen molar-refractivity contribution < 1.29 is 26.5 Å². The molecule has 0 spiro atoms. The van der Waals surface area contributed by atoms with Gasteiger partial charge in [-0.2, -0.15) is 13.2 Å². The fourth-order valence-corrected chi connectivity index (χ4v) is 3.57. The summed E-state index contributed by atoms with van der Waals surface area (Å²) in [5.74, 6) is 0. The summed E-state index contributed by atoms with van der Waals surface area (Å²) in [6.45, 7) is 0. The molecule has 0 saturated heterocycles. The van der Waals surface area contributed by atoms with Crippen LogP contribution in [0.25, 0.3) is 0 Å². The molecule has 2 aromatic rings. The molecule has 0 saturated carbocycles. The number of nitrogens with one attached hydrogen (secondary N) is 1. The van der Waals surface area contributed by atoms with Crippen molar-refractivity contribution in [2.24, 2.45) is 0 Å². The van der Waals surface area contributed by atoms with E-state index >= 15 is 0 Å². The predicted octanol–water partition coefficient (Wildman–Crippen LogP) is 4.72. The fraction of sp³-hybridized carbons (Fsp3) is 0.0769. The molecule has 0 aliphatic rings. The summed E-state index contributed by atoms with van der Waals surface area (Å²) in [6.07, 6.45) is -4.77. The number of halogens is 5. The highest BCUT2D eigenvalue weighted by Crippen LogP contribution is 2.34. The molecule has 2 rings (SSSR count). The minimum Gasteiger partial charge on any atom is -0.279 e. The van der Waals surface area contributed by atoms with Crippen LogP contribution in [0.4, 0.5) is 24.5 Å². The van der Waals surface area contributed by atoms with Gasteiger partial charge in [0.1, 0.15) is 9.92 Å². The van der Waals surface area contributed by atoms with Crippen molar-refractivity contribution in [2.45, 2.75) is 11.1 Å². The van der Waals surface area contributed by atoms with E-state index in [-0.39, 0.29) is 10.7 Å². The van der Waals surface area contributed by atoms with E-state index in [0.29, 0.717) is 12.1 Å². The standard InChI is InChI=1S/C13H7Cl2F3N2O4S/c14-9-4-2-8(6-11(9)20(21)22)19-25(23,24)12-5-7(13(16,17)18)1-3-10(12)15/h1-6,19H. The second-order valence-corrected chi connectivity index (χ2v) is 7.14. The Morgan fingerprint density at radius 3 is 2.20 bits per heavy atom. The van der Waals surface area contributed by atoms with Crippen molar-refractivity contribution in [3.63, 3.8) is 0 Å². The molecule has 0 aromatic heterocycles. The summed E-state index contributed by atoms with van der Waals surface area (Å²) in [4.78, 5) is 9.16. The summed E-state index contributed by atoms with van der Waals surface area (Å²) in [5, 5.41) is 10.1. The number of hydrogen-bond acceptors (Lipinski definition) is 4. The van der Waals surface area contributed by atoms with Gasteiger partial charge in [0.2, 0.25) is 0 Å². The molecule has 12 heteroatoms. The number of sulfonamides is 1. The first-order valence-corrected chi connectivity index (χ1v) is 8.49. The average molecular weight is 415 g/mol. The number of nitro benzene ring substituents is 1. The monoisotopic (exact) mass is 414 g/mol. The number of nitrogens with zero attached hydrogens (tertiary/aromatic N) is 1. The first-order chi connectivity index (χ1) is 11.4. The Morgan fingerprint density at radius 2 is 1.64 bits per heavy atom. The van der Waals surface area contributed by atoms with Gasteiger partial charge in [-0.05, 0) is 30.3 Å². The minimum atomic E-state index is -4.77. The van der Waals surface area contributed by atoms with Gasteiger partial charge in [0, 0.05) is 6.07 Å². The SMILES string of the molecule is O=[N+]([O-])c1cc(NS(=O)(=O)c2cc(C(F)(F)F)ccc2Cl)ccc1Cl. The fourth-order valence-electron chi connectivity index (χ4n) is 1.81. The molecule has 2 aromatic carbocycles. The Bertz CT molecular complexity index is 949. The number of nitro groups is 1. The highest BCUT2D eigenvalue weighted by Gasteiger charge is 2.33. The maximum Gasteiger partial charge on any atom is 0.416 e. The van der Waals surface area contributed by atoms with Crippen LogP contribution in [0.2, 0.25) is 10.0 Å². The summed E-state index contributed by atoms with van der Waals surface area (Å²) < 4.78 is 64.8. The lowest BCUT2D eigenvalue weighted by Crippen LogP contribution is -2.15. The lowest BCUT2D eigenvalue weighted by atomic mass is 10.2. The normalized spacial score (nSPS) is 12.0. The Hall–Kier alpha value is -2.04. The Labute approximate surface area is 149 Å². The summed E-state index contributed by atoms with van der Waals surface area (Å²) in [7, 11) is -4.53. The quantitative estimate of drug-likeness (QED) is 0.578. The van der Waals surface area contributed by atoms with Gasteiger partial charge in [0.25, 0.3) is 15.7 Å². The largest absolute Gasteiger partial charge is 0.416 e. The van der Waals surface area contributed by atoms with Crippen LogP contribution in [0.3, 0.4) is 0 Å². The molecule has 0 atom stereocenters. The van der Waals surface area contributed by atoms with Gasteiger partial charge in [-0.15, -0.1) is 0 Å². The van der Waals surface area contributed by atoms with Gasteiger partial charge in [0.15, 0.2) is 0 Å². The van der Waals surface area contributed by atoms with Gasteiger partial charge < -0.3 is 0 Å². The van der Waals surface area contributed by atoms with Gasteiger partial charge in [0.05, 0.1) is 21.2 Å². The van der Waals surface area contributed by atoms with E-state index in [2.05, 4.69) is 0 Å². The van der Waals surface area contributed by atoms with E-state index in [1.807, 2.05) is 4.72 Å². The molecule has 0 aliphatic carbocycles. The van der Waals surface area contributed by atoms with Crippen molar-refractivity contribution >= 4 is 44.6 Å². The molecule has 0 fully saturated rings. The number of rotatable bonds is 4. The molecule has 0 heterocycles. The third-order valence-corrected chi connectivity index (χ3v) is 5.13. The van der Waals surface area contributed by atoms with Crippen molar-refractivity contribution in [3.05, 3.63) is 62.1 Å². The number of anilines is 1. The van der Waals surface area contributed by atoms with Gasteiger partial charge in [-0.3, -0.25) is 14.8 Å². The highest BCUT2D eigenvalue weighted by molar-refractivity contribution is 7.92. The zero-order valence-corrected chi connectivity index (χ0v) is 14.2. The van der Waals surface area contributed by atoms with Crippen molar-refractivity contribution in [1.29, 1.82) is 0 Å². The number of alkyl halides is 3. The van der Waals surface area contributed by atoms with Crippen LogP contribution < -0.4 is 4.72 Å². The van der Waals surface area contributed by atoms with E-state index in [1.54, 1.807) is 0 Å². The molecule has 0 bridgehead atoms. The molecule has 0 aliphatic heterocycles. The Kier molecular flexibility index (Phi) is 5.17. The van der Waals surface area contributed by atoms with Crippen molar-refractivity contribution in [3.8, 4) is 0 Å². The zero-order chi connectivity index (χ0) is 19.0. The molecular formula is C13H7Cl2F3N2O4S. The van der Waals surface area contributed by atoms with Gasteiger partial charge in [-0.1, -0.05) is 23.2 Å². The predicted molar refractivity (Wildman–Crippen MR) is 85.4 cm³/mol. The van der Waals surface area contributed by atoms with Gasteiger partial charge in [-0.25, -0.2) is 8.42 Å². The number of hydrogen-bond donors (Lipinski definition) is 1. The van der Waals surface area contributed by atoms with Crippen LogP contribution in [0.1, 0.15) is 5.56 Å². The lowest BCUT2D eigenvalue weighted by Gasteiger charge is -2.12. The summed E-state index contributed by atoms with van der Waals surface area (Å²) >= 11 is 11.3. The number of benzene rings is 2. The van der Waals surface area contributed by atoms with Crippen molar-refractivity contribution in [2.75, 3.05) is 4.72 Å². The van der Waals surface area contributed by atoms with E-state index in [4.69, 9.17) is 23.2 Å². The van der Waals surface area contributed by atoms with E-state index in [0.717, 1.165) is 24.3 Å². The van der Waals surface area contributed by atoms with Gasteiger partial charge >= 0.3 is 6.18 Å². The van der Waals surface area contributed by atoms with E-state index in [1.165, 1.54) is 0 Å². The first kappa shape index (κ1) is 19.3. The minimum absolute atomic E-state index is 0.231. The van der Waals surface area contributed by atoms with Crippen LogP contribution in [0.5, 0.6) is 0 Å². The third kappa shape index (κ3) is 4.33. The molecular weight excluding hydrogens is 408 g/mol. The molecule has 0 unspecified atom stereocenters. The third-order valence-electron chi connectivity index (χ3n) is 2.94. The Morgan fingerprint density at radius 1 is 1.04 bits per heavy atom. The van der Waals surface area contributed by atoms with Crippen LogP contribution in [-0.4, -0.2) is 13.3 Å². The molecule has 134 valence electrons. The van der Waals surface area contributed by atoms with Crippen molar-refractivity contribution in [1.82, 2.24) is 0 Å². The van der Waals surface area contributed by atoms with Crippen LogP contribution in [0.15, 0.2) is 41.3 Å². The topological polar surface area (TPSA) is 89.3 Å². The van der Waals surface area contributed by atoms with Crippen LogP contribution in [0, 0.1) is 10.1 Å². The molecule has 0 radical (unpaired) electrons. The maximum atomic E-state index is 12.8. The second-order valence-electron chi connectivity index (χ2n) is 4.67. The summed E-state index contributed by atoms with van der Waals surface area (Å²) in [5.41, 5.74) is -2.04. The highest BCUT2D eigenvalue weighted by atomic mass is 35.5. The molecule has 1 N–H and O–H groups in total. The van der Waals surface area contributed by atoms with Crippen LogP contribution in [-0.2, 0) is 16.2 Å². The Balaban J connectivity index is 2.47. The summed E-state index contributed by atoms with van der Waals surface area (Å²) in [6, 6.07) is 4.83. The van der Waals surface area contributed by atoms with E-state index in [9.17, 15) is 31.7 Å². The molecule has 0 amide bonds. The zero-order valence-electron chi connectivity index (χ0n) is 11.8.